The number of amides is 4. The lowest BCUT2D eigenvalue weighted by Gasteiger charge is -2.29. The molecule has 1 heterocycles. The van der Waals surface area contributed by atoms with Crippen molar-refractivity contribution in [3.8, 4) is 23.0 Å². The normalized spacial score (nSPS) is 14.8. The fourth-order valence-corrected chi connectivity index (χ4v) is 5.43. The van der Waals surface area contributed by atoms with Crippen molar-refractivity contribution in [2.24, 2.45) is 0 Å². The lowest BCUT2D eigenvalue weighted by Crippen LogP contribution is -2.37. The van der Waals surface area contributed by atoms with E-state index in [4.69, 9.17) is 14.3 Å². The molecule has 46 heavy (non-hydrogen) atoms. The third-order valence-corrected chi connectivity index (χ3v) is 7.78. The van der Waals surface area contributed by atoms with Crippen LogP contribution in [0.4, 0.5) is 21.0 Å². The first-order valence-electron chi connectivity index (χ1n) is 14.6. The number of thioether (sulfide) groups is 1. The summed E-state index contributed by atoms with van der Waals surface area (Å²) >= 11 is 0.950. The summed E-state index contributed by atoms with van der Waals surface area (Å²) in [6.45, 7) is 12.5. The maximum Gasteiger partial charge on any atom is 0.414 e. The lowest BCUT2D eigenvalue weighted by molar-refractivity contribution is -0.120. The SMILES string of the molecule is CC(=O)N(Oc1ccc(CC2SC(=O)NC2=O)cc1)c1ccc(Oc2ccc(O)c(C(C)(C)C)c2)cc1N(C)C(=O)OC(C)(C)C. The van der Waals surface area contributed by atoms with Gasteiger partial charge < -0.3 is 19.4 Å². The van der Waals surface area contributed by atoms with Gasteiger partial charge in [-0.2, -0.15) is 0 Å². The number of phenolic OH excluding ortho intramolecular Hbond substituents is 1. The van der Waals surface area contributed by atoms with Gasteiger partial charge in [0.05, 0.1) is 10.9 Å². The second kappa shape index (κ2) is 13.3. The van der Waals surface area contributed by atoms with Crippen LogP contribution in [0.2, 0.25) is 0 Å². The van der Waals surface area contributed by atoms with E-state index < -0.39 is 22.9 Å². The molecule has 244 valence electrons. The number of imide groups is 1. The summed E-state index contributed by atoms with van der Waals surface area (Å²) in [7, 11) is 1.52. The largest absolute Gasteiger partial charge is 0.508 e. The molecule has 12 heteroatoms. The van der Waals surface area contributed by atoms with E-state index in [9.17, 15) is 24.3 Å². The molecule has 1 aliphatic rings. The van der Waals surface area contributed by atoms with Crippen molar-refractivity contribution in [2.45, 2.75) is 71.2 Å². The van der Waals surface area contributed by atoms with Gasteiger partial charge in [0.25, 0.3) is 11.1 Å². The number of hydroxylamine groups is 1. The van der Waals surface area contributed by atoms with Crippen LogP contribution in [0.25, 0.3) is 0 Å². The van der Waals surface area contributed by atoms with Gasteiger partial charge in [-0.15, -0.1) is 5.06 Å². The molecule has 1 unspecified atom stereocenters. The molecule has 0 aliphatic carbocycles. The number of ether oxygens (including phenoxy) is 2. The summed E-state index contributed by atoms with van der Waals surface area (Å²) in [6.07, 6.45) is -0.311. The number of carbonyl (C=O) groups excluding carboxylic acids is 4. The van der Waals surface area contributed by atoms with Gasteiger partial charge in [-0.05, 0) is 80.6 Å². The Balaban J connectivity index is 1.66. The van der Waals surface area contributed by atoms with Crippen LogP contribution in [0.1, 0.15) is 59.6 Å². The molecule has 0 aromatic heterocycles. The molecule has 4 rings (SSSR count). The highest BCUT2D eigenvalue weighted by molar-refractivity contribution is 8.15. The number of rotatable bonds is 8. The smallest absolute Gasteiger partial charge is 0.414 e. The van der Waals surface area contributed by atoms with Crippen LogP contribution in [0.5, 0.6) is 23.0 Å². The first-order valence-corrected chi connectivity index (χ1v) is 15.5. The number of carbonyl (C=O) groups is 4. The van der Waals surface area contributed by atoms with E-state index >= 15 is 0 Å². The van der Waals surface area contributed by atoms with Crippen molar-refractivity contribution < 1.29 is 38.6 Å². The highest BCUT2D eigenvalue weighted by Crippen LogP contribution is 2.39. The lowest BCUT2D eigenvalue weighted by atomic mass is 9.86. The number of benzene rings is 3. The summed E-state index contributed by atoms with van der Waals surface area (Å²) in [5.41, 5.74) is 0.904. The molecule has 0 radical (unpaired) electrons. The minimum Gasteiger partial charge on any atom is -0.508 e. The van der Waals surface area contributed by atoms with Crippen molar-refractivity contribution in [2.75, 3.05) is 17.0 Å². The van der Waals surface area contributed by atoms with E-state index in [1.54, 1.807) is 81.4 Å². The molecule has 0 saturated carbocycles. The molecule has 11 nitrogen and oxygen atoms in total. The van der Waals surface area contributed by atoms with Crippen LogP contribution < -0.4 is 24.9 Å². The van der Waals surface area contributed by atoms with Gasteiger partial charge in [0.15, 0.2) is 5.75 Å². The maximum absolute atomic E-state index is 13.2. The summed E-state index contributed by atoms with van der Waals surface area (Å²) in [5, 5.41) is 12.8. The first kappa shape index (κ1) is 34.2. The van der Waals surface area contributed by atoms with E-state index in [0.29, 0.717) is 29.2 Å². The number of aromatic hydroxyl groups is 1. The number of nitrogens with one attached hydrogen (secondary N) is 1. The van der Waals surface area contributed by atoms with Crippen LogP contribution in [0.3, 0.4) is 0 Å². The summed E-state index contributed by atoms with van der Waals surface area (Å²) < 4.78 is 11.7. The Labute approximate surface area is 272 Å². The highest BCUT2D eigenvalue weighted by atomic mass is 32.2. The predicted molar refractivity (Wildman–Crippen MR) is 177 cm³/mol. The molecule has 2 N–H and O–H groups in total. The van der Waals surface area contributed by atoms with Gasteiger partial charge in [-0.3, -0.25) is 24.6 Å². The average Bonchev–Trinajstić information content (AvgIpc) is 3.27. The van der Waals surface area contributed by atoms with Crippen molar-refractivity contribution >= 4 is 46.3 Å². The van der Waals surface area contributed by atoms with Crippen LogP contribution in [-0.2, 0) is 26.2 Å². The van der Waals surface area contributed by atoms with Crippen LogP contribution in [-0.4, -0.2) is 46.2 Å². The van der Waals surface area contributed by atoms with Crippen molar-refractivity contribution in [3.05, 3.63) is 71.8 Å². The van der Waals surface area contributed by atoms with Gasteiger partial charge in [0.1, 0.15) is 28.5 Å². The third-order valence-electron chi connectivity index (χ3n) is 6.80. The first-order chi connectivity index (χ1) is 21.4. The van der Waals surface area contributed by atoms with Gasteiger partial charge in [-0.25, -0.2) is 4.79 Å². The molecule has 4 amide bonds. The maximum atomic E-state index is 13.2. The number of hydrogen-bond donors (Lipinski definition) is 2. The zero-order valence-electron chi connectivity index (χ0n) is 27.2. The van der Waals surface area contributed by atoms with Crippen molar-refractivity contribution in [1.82, 2.24) is 5.32 Å². The third kappa shape index (κ3) is 8.51. The van der Waals surface area contributed by atoms with Crippen molar-refractivity contribution in [3.63, 3.8) is 0 Å². The van der Waals surface area contributed by atoms with E-state index in [1.807, 2.05) is 20.8 Å². The van der Waals surface area contributed by atoms with Crippen LogP contribution >= 0.6 is 11.8 Å². The average molecular weight is 650 g/mol. The number of hydrogen-bond acceptors (Lipinski definition) is 9. The Kier molecular flexibility index (Phi) is 9.91. The van der Waals surface area contributed by atoms with E-state index in [0.717, 1.165) is 22.4 Å². The summed E-state index contributed by atoms with van der Waals surface area (Å²) in [6, 6.07) is 16.6. The van der Waals surface area contributed by atoms with E-state index in [2.05, 4.69) is 5.32 Å². The monoisotopic (exact) mass is 649 g/mol. The van der Waals surface area contributed by atoms with E-state index in [-0.39, 0.29) is 33.7 Å². The number of phenols is 1. The molecule has 1 aliphatic heterocycles. The molecule has 3 aromatic rings. The van der Waals surface area contributed by atoms with Crippen LogP contribution in [0.15, 0.2) is 60.7 Å². The standard InChI is InChI=1S/C34H39N3O8S/c1-20(38)37(45-22-11-9-21(10-12-22)17-29-30(40)35-31(41)46-29)26-15-13-24(19-27(26)36(8)32(42)44-34(5,6)7)43-23-14-16-28(39)25(18-23)33(2,3)4/h9-16,18-19,29,39H,17H2,1-8H3,(H,35,40,41). The zero-order valence-corrected chi connectivity index (χ0v) is 28.0. The predicted octanol–water partition coefficient (Wildman–Crippen LogP) is 7.09. The Hall–Kier alpha value is -4.71. The molecule has 1 atom stereocenters. The minimum absolute atomic E-state index is 0.154. The van der Waals surface area contributed by atoms with Gasteiger partial charge in [0, 0.05) is 25.6 Å². The second-order valence-corrected chi connectivity index (χ2v) is 14.0. The molecular formula is C34H39N3O8S. The quantitative estimate of drug-likeness (QED) is 0.245. The summed E-state index contributed by atoms with van der Waals surface area (Å²) in [5.74, 6) is 0.512. The Morgan fingerprint density at radius 2 is 1.50 bits per heavy atom. The molecular weight excluding hydrogens is 610 g/mol. The van der Waals surface area contributed by atoms with Gasteiger partial charge in [-0.1, -0.05) is 44.7 Å². The zero-order chi connectivity index (χ0) is 34.0. The molecule has 1 saturated heterocycles. The Bertz CT molecular complexity index is 1640. The van der Waals surface area contributed by atoms with Crippen molar-refractivity contribution in [1.29, 1.82) is 0 Å². The van der Waals surface area contributed by atoms with Crippen LogP contribution in [0, 0.1) is 0 Å². The highest BCUT2D eigenvalue weighted by Gasteiger charge is 2.32. The fourth-order valence-electron chi connectivity index (χ4n) is 4.57. The number of nitrogens with zero attached hydrogens (tertiary/aromatic N) is 2. The second-order valence-electron chi connectivity index (χ2n) is 12.9. The molecule has 3 aromatic carbocycles. The minimum atomic E-state index is -0.779. The Morgan fingerprint density at radius 3 is 2.07 bits per heavy atom. The molecule has 0 bridgehead atoms. The summed E-state index contributed by atoms with van der Waals surface area (Å²) in [4.78, 5) is 56.9. The molecule has 0 spiro atoms. The topological polar surface area (TPSA) is 135 Å². The number of anilines is 2. The Morgan fingerprint density at radius 1 is 0.891 bits per heavy atom. The molecule has 1 fully saturated rings. The van der Waals surface area contributed by atoms with E-state index in [1.165, 1.54) is 18.9 Å². The van der Waals surface area contributed by atoms with Gasteiger partial charge in [0.2, 0.25) is 5.91 Å². The fraction of sp³-hybridized carbons (Fsp3) is 0.353. The van der Waals surface area contributed by atoms with Gasteiger partial charge >= 0.3 is 6.09 Å².